The average Bonchev–Trinajstić information content (AvgIpc) is 2.86. The van der Waals surface area contributed by atoms with E-state index in [2.05, 4.69) is 22.0 Å². The largest absolute Gasteiger partial charge is 0.392 e. The van der Waals surface area contributed by atoms with Gasteiger partial charge in [-0.1, -0.05) is 48.5 Å². The predicted molar refractivity (Wildman–Crippen MR) is 96.2 cm³/mol. The molecule has 0 aliphatic carbocycles. The number of nitrogens with one attached hydrogen (secondary N) is 1. The maximum Gasteiger partial charge on any atom is 0.253 e. The van der Waals surface area contributed by atoms with E-state index >= 15 is 0 Å². The van der Waals surface area contributed by atoms with Crippen LogP contribution >= 0.6 is 0 Å². The zero-order valence-corrected chi connectivity index (χ0v) is 14.0. The van der Waals surface area contributed by atoms with Crippen LogP contribution in [-0.4, -0.2) is 28.2 Å². The summed E-state index contributed by atoms with van der Waals surface area (Å²) in [4.78, 5) is 12.6. The smallest absolute Gasteiger partial charge is 0.253 e. The van der Waals surface area contributed by atoms with E-state index in [0.29, 0.717) is 5.56 Å². The predicted octanol–water partition coefficient (Wildman–Crippen LogP) is 3.11. The minimum Gasteiger partial charge on any atom is -0.392 e. The minimum absolute atomic E-state index is 0.142. The number of carbonyl (C=O) groups excluding carboxylic acids is 1. The van der Waals surface area contributed by atoms with Crippen LogP contribution in [0.2, 0.25) is 0 Å². The highest BCUT2D eigenvalue weighted by Crippen LogP contribution is 2.26. The van der Waals surface area contributed by atoms with Crippen LogP contribution in [0.4, 0.5) is 0 Å². The normalized spacial score (nSPS) is 12.3. The summed E-state index contributed by atoms with van der Waals surface area (Å²) in [6.07, 6.45) is -0.563. The van der Waals surface area contributed by atoms with Crippen LogP contribution in [0.1, 0.15) is 28.5 Å². The molecule has 0 saturated heterocycles. The molecule has 0 unspecified atom stereocenters. The van der Waals surface area contributed by atoms with E-state index in [-0.39, 0.29) is 12.5 Å². The van der Waals surface area contributed by atoms with Crippen molar-refractivity contribution in [1.29, 1.82) is 0 Å². The molecule has 0 radical (unpaired) electrons. The molecule has 0 aliphatic rings. The summed E-state index contributed by atoms with van der Waals surface area (Å²) in [6, 6.07) is 18.2. The van der Waals surface area contributed by atoms with Crippen LogP contribution in [0.5, 0.6) is 0 Å². The number of nitrogens with zero attached hydrogens (tertiary/aromatic N) is 1. The second-order valence-corrected chi connectivity index (χ2v) is 6.11. The lowest BCUT2D eigenvalue weighted by Crippen LogP contribution is -2.30. The standard InChI is InChI=1S/C20H22N2O2/c1-14(23)12-21-20(24)19-15(2)22(13-16-8-4-3-5-9-16)18-11-7-6-10-17(18)19/h3-11,14,23H,12-13H2,1-2H3,(H,21,24)/t14-/m1/s1. The van der Waals surface area contributed by atoms with Crippen molar-refractivity contribution in [3.8, 4) is 0 Å². The molecule has 4 nitrogen and oxygen atoms in total. The molecule has 1 atom stereocenters. The Kier molecular flexibility index (Phi) is 4.67. The molecular formula is C20H22N2O2. The Labute approximate surface area is 141 Å². The van der Waals surface area contributed by atoms with Crippen molar-refractivity contribution in [2.24, 2.45) is 0 Å². The SMILES string of the molecule is Cc1c(C(=O)NC[C@@H](C)O)c2ccccc2n1Cc1ccccc1. The first kappa shape index (κ1) is 16.3. The number of amides is 1. The molecule has 124 valence electrons. The monoisotopic (exact) mass is 322 g/mol. The maximum atomic E-state index is 12.6. The molecule has 0 aliphatic heterocycles. The molecule has 0 bridgehead atoms. The lowest BCUT2D eigenvalue weighted by molar-refractivity contribution is 0.0925. The van der Waals surface area contributed by atoms with E-state index in [1.54, 1.807) is 6.92 Å². The number of para-hydroxylation sites is 1. The molecule has 24 heavy (non-hydrogen) atoms. The zero-order chi connectivity index (χ0) is 17.1. The van der Waals surface area contributed by atoms with Gasteiger partial charge in [-0.15, -0.1) is 0 Å². The minimum atomic E-state index is -0.563. The maximum absolute atomic E-state index is 12.6. The molecule has 4 heteroatoms. The molecule has 3 rings (SSSR count). The third-order valence-corrected chi connectivity index (χ3v) is 4.20. The summed E-state index contributed by atoms with van der Waals surface area (Å²) in [5.41, 5.74) is 3.85. The fraction of sp³-hybridized carbons (Fsp3) is 0.250. The number of hydrogen-bond acceptors (Lipinski definition) is 2. The van der Waals surface area contributed by atoms with Gasteiger partial charge in [-0.05, 0) is 25.5 Å². The van der Waals surface area contributed by atoms with Gasteiger partial charge in [0.2, 0.25) is 0 Å². The van der Waals surface area contributed by atoms with E-state index in [9.17, 15) is 9.90 Å². The number of rotatable bonds is 5. The van der Waals surface area contributed by atoms with Crippen molar-refractivity contribution >= 4 is 16.8 Å². The topological polar surface area (TPSA) is 54.3 Å². The summed E-state index contributed by atoms with van der Waals surface area (Å²) in [6.45, 7) is 4.60. The number of carbonyl (C=O) groups is 1. The van der Waals surface area contributed by atoms with Crippen molar-refractivity contribution in [3.63, 3.8) is 0 Å². The third kappa shape index (κ3) is 3.19. The van der Waals surface area contributed by atoms with E-state index < -0.39 is 6.10 Å². The van der Waals surface area contributed by atoms with Crippen molar-refractivity contribution < 1.29 is 9.90 Å². The van der Waals surface area contributed by atoms with Crippen LogP contribution < -0.4 is 5.32 Å². The van der Waals surface area contributed by atoms with Crippen LogP contribution in [0.15, 0.2) is 54.6 Å². The van der Waals surface area contributed by atoms with Gasteiger partial charge in [-0.2, -0.15) is 0 Å². The van der Waals surface area contributed by atoms with Crippen molar-refractivity contribution in [2.75, 3.05) is 6.54 Å². The summed E-state index contributed by atoms with van der Waals surface area (Å²) in [5, 5.41) is 13.2. The van der Waals surface area contributed by atoms with Gasteiger partial charge in [0.15, 0.2) is 0 Å². The van der Waals surface area contributed by atoms with Gasteiger partial charge < -0.3 is 15.0 Å². The molecule has 2 N–H and O–H groups in total. The van der Waals surface area contributed by atoms with Crippen LogP contribution in [0.25, 0.3) is 10.9 Å². The number of benzene rings is 2. The summed E-state index contributed by atoms with van der Waals surface area (Å²) in [5.74, 6) is -0.142. The summed E-state index contributed by atoms with van der Waals surface area (Å²) < 4.78 is 2.17. The Morgan fingerprint density at radius 1 is 1.12 bits per heavy atom. The molecule has 1 aromatic heterocycles. The number of aliphatic hydroxyl groups excluding tert-OH is 1. The molecule has 1 heterocycles. The molecule has 0 fully saturated rings. The number of fused-ring (bicyclic) bond motifs is 1. The molecule has 3 aromatic rings. The van der Waals surface area contributed by atoms with Gasteiger partial charge in [-0.3, -0.25) is 4.79 Å². The number of aromatic nitrogens is 1. The van der Waals surface area contributed by atoms with Gasteiger partial charge in [0, 0.05) is 29.7 Å². The van der Waals surface area contributed by atoms with Crippen LogP contribution in [-0.2, 0) is 6.54 Å². The second kappa shape index (κ2) is 6.89. The fourth-order valence-electron chi connectivity index (χ4n) is 3.02. The Bertz CT molecular complexity index is 851. The Morgan fingerprint density at radius 3 is 2.50 bits per heavy atom. The van der Waals surface area contributed by atoms with Crippen LogP contribution in [0, 0.1) is 6.92 Å². The second-order valence-electron chi connectivity index (χ2n) is 6.11. The Balaban J connectivity index is 2.04. The fourth-order valence-corrected chi connectivity index (χ4v) is 3.02. The van der Waals surface area contributed by atoms with Crippen LogP contribution in [0.3, 0.4) is 0 Å². The van der Waals surface area contributed by atoms with E-state index in [4.69, 9.17) is 0 Å². The van der Waals surface area contributed by atoms with Gasteiger partial charge in [0.05, 0.1) is 11.7 Å². The number of hydrogen-bond donors (Lipinski definition) is 2. The van der Waals surface area contributed by atoms with Gasteiger partial charge >= 0.3 is 0 Å². The average molecular weight is 322 g/mol. The first-order valence-corrected chi connectivity index (χ1v) is 8.16. The zero-order valence-electron chi connectivity index (χ0n) is 14.0. The third-order valence-electron chi connectivity index (χ3n) is 4.20. The van der Waals surface area contributed by atoms with Gasteiger partial charge in [0.1, 0.15) is 0 Å². The Morgan fingerprint density at radius 2 is 1.79 bits per heavy atom. The van der Waals surface area contributed by atoms with Crippen molar-refractivity contribution in [2.45, 2.75) is 26.5 Å². The molecular weight excluding hydrogens is 300 g/mol. The van der Waals surface area contributed by atoms with Crippen molar-refractivity contribution in [3.05, 3.63) is 71.4 Å². The first-order chi connectivity index (χ1) is 11.6. The van der Waals surface area contributed by atoms with E-state index in [0.717, 1.165) is 23.1 Å². The van der Waals surface area contributed by atoms with Gasteiger partial charge in [-0.25, -0.2) is 0 Å². The van der Waals surface area contributed by atoms with E-state index in [1.165, 1.54) is 5.56 Å². The summed E-state index contributed by atoms with van der Waals surface area (Å²) >= 11 is 0. The Hall–Kier alpha value is -2.59. The quantitative estimate of drug-likeness (QED) is 0.758. The molecule has 0 spiro atoms. The highest BCUT2D eigenvalue weighted by molar-refractivity contribution is 6.08. The van der Waals surface area contributed by atoms with Crippen molar-refractivity contribution in [1.82, 2.24) is 9.88 Å². The lowest BCUT2D eigenvalue weighted by atomic mass is 10.1. The molecule has 2 aromatic carbocycles. The summed E-state index contributed by atoms with van der Waals surface area (Å²) in [7, 11) is 0. The van der Waals surface area contributed by atoms with E-state index in [1.807, 2.05) is 49.4 Å². The first-order valence-electron chi connectivity index (χ1n) is 8.16. The van der Waals surface area contributed by atoms with Gasteiger partial charge in [0.25, 0.3) is 5.91 Å². The highest BCUT2D eigenvalue weighted by Gasteiger charge is 2.19. The molecule has 0 saturated carbocycles. The highest BCUT2D eigenvalue weighted by atomic mass is 16.3. The molecule has 1 amide bonds. The lowest BCUT2D eigenvalue weighted by Gasteiger charge is -2.10. The number of aliphatic hydroxyl groups is 1.